The smallest absolute Gasteiger partial charge is 0.465 e. The summed E-state index contributed by atoms with van der Waals surface area (Å²) in [4.78, 5) is 24.5. The van der Waals surface area contributed by atoms with Crippen LogP contribution >= 0.6 is 11.6 Å². The van der Waals surface area contributed by atoms with E-state index in [1.165, 1.54) is 19.1 Å². The van der Waals surface area contributed by atoms with Crippen molar-refractivity contribution in [2.24, 2.45) is 0 Å². The maximum Gasteiger partial charge on any atom is 0.573 e. The average Bonchev–Trinajstić information content (AvgIpc) is 3.12. The van der Waals surface area contributed by atoms with Crippen molar-refractivity contribution in [2.75, 3.05) is 0 Å². The topological polar surface area (TPSA) is 142 Å². The number of carbonyl (C=O) groups excluding carboxylic acids is 1. The van der Waals surface area contributed by atoms with E-state index in [1.807, 2.05) is 6.07 Å². The summed E-state index contributed by atoms with van der Waals surface area (Å²) in [7, 11) is 0. The molecule has 1 heterocycles. The van der Waals surface area contributed by atoms with Crippen molar-refractivity contribution in [3.8, 4) is 11.8 Å². The molecule has 0 aliphatic heterocycles. The molecule has 34 heavy (non-hydrogen) atoms. The Morgan fingerprint density at radius 2 is 1.91 bits per heavy atom. The Kier molecular flexibility index (Phi) is 6.83. The first kappa shape index (κ1) is 24.6. The van der Waals surface area contributed by atoms with E-state index in [1.54, 1.807) is 0 Å². The standard InChI is InChI=1S/C20H16ClF3N6O4/c1-19(9-25,27-17(31)11-2-4-14(5-3-11)34-20(22,23)24)10-30-28-15-7-13(21)6-12(16(15)29-30)8-26-18(32)33/h2-7,26H,8,10H2,1H3,(H,27,31)(H,32,33). The number of benzene rings is 2. The zero-order valence-corrected chi connectivity index (χ0v) is 18.1. The van der Waals surface area contributed by atoms with Crippen LogP contribution in [0.25, 0.3) is 11.0 Å². The molecule has 178 valence electrons. The molecular weight excluding hydrogens is 481 g/mol. The summed E-state index contributed by atoms with van der Waals surface area (Å²) in [6, 6.07) is 9.19. The average molecular weight is 497 g/mol. The highest BCUT2D eigenvalue weighted by molar-refractivity contribution is 6.31. The molecule has 0 aliphatic rings. The molecule has 3 N–H and O–H groups in total. The highest BCUT2D eigenvalue weighted by atomic mass is 35.5. The van der Waals surface area contributed by atoms with Crippen molar-refractivity contribution in [3.05, 3.63) is 52.5 Å². The lowest BCUT2D eigenvalue weighted by Crippen LogP contribution is -2.48. The second kappa shape index (κ2) is 9.44. The second-order valence-corrected chi connectivity index (χ2v) is 7.73. The second-order valence-electron chi connectivity index (χ2n) is 7.29. The van der Waals surface area contributed by atoms with Crippen molar-refractivity contribution < 1.29 is 32.6 Å². The Labute approximate surface area is 194 Å². The summed E-state index contributed by atoms with van der Waals surface area (Å²) in [5.74, 6) is -1.21. The number of aromatic nitrogens is 3. The summed E-state index contributed by atoms with van der Waals surface area (Å²) < 4.78 is 40.6. The van der Waals surface area contributed by atoms with Gasteiger partial charge in [-0.25, -0.2) is 4.79 Å². The lowest BCUT2D eigenvalue weighted by molar-refractivity contribution is -0.274. The number of fused-ring (bicyclic) bond motifs is 1. The Balaban J connectivity index is 1.78. The number of nitriles is 1. The van der Waals surface area contributed by atoms with Gasteiger partial charge in [0.15, 0.2) is 0 Å². The summed E-state index contributed by atoms with van der Waals surface area (Å²) in [6.45, 7) is 1.15. The maximum atomic E-state index is 12.6. The summed E-state index contributed by atoms with van der Waals surface area (Å²) in [5.41, 5.74) is -0.341. The minimum absolute atomic E-state index is 0.00315. The van der Waals surface area contributed by atoms with Gasteiger partial charge in [0.05, 0.1) is 12.6 Å². The van der Waals surface area contributed by atoms with E-state index < -0.39 is 29.7 Å². The fourth-order valence-corrected chi connectivity index (χ4v) is 3.22. The van der Waals surface area contributed by atoms with E-state index in [-0.39, 0.29) is 18.7 Å². The van der Waals surface area contributed by atoms with Crippen molar-refractivity contribution in [2.45, 2.75) is 31.9 Å². The molecule has 3 rings (SSSR count). The number of carbonyl (C=O) groups is 2. The van der Waals surface area contributed by atoms with Crippen molar-refractivity contribution in [3.63, 3.8) is 0 Å². The first-order valence-electron chi connectivity index (χ1n) is 9.47. The zero-order chi connectivity index (χ0) is 25.1. The molecule has 14 heteroatoms. The molecule has 10 nitrogen and oxygen atoms in total. The Morgan fingerprint density at radius 3 is 2.50 bits per heavy atom. The van der Waals surface area contributed by atoms with Gasteiger partial charge in [-0.2, -0.15) is 20.3 Å². The van der Waals surface area contributed by atoms with Crippen molar-refractivity contribution >= 4 is 34.6 Å². The number of nitrogens with zero attached hydrogens (tertiary/aromatic N) is 4. The van der Waals surface area contributed by atoms with Gasteiger partial charge in [-0.05, 0) is 43.3 Å². The van der Waals surface area contributed by atoms with Gasteiger partial charge in [-0.1, -0.05) is 11.6 Å². The molecule has 0 fully saturated rings. The lowest BCUT2D eigenvalue weighted by atomic mass is 10.0. The highest BCUT2D eigenvalue weighted by Gasteiger charge is 2.32. The van der Waals surface area contributed by atoms with E-state index >= 15 is 0 Å². The molecular formula is C20H16ClF3N6O4. The quantitative estimate of drug-likeness (QED) is 0.454. The third-order valence-electron chi connectivity index (χ3n) is 4.45. The zero-order valence-electron chi connectivity index (χ0n) is 17.4. The van der Waals surface area contributed by atoms with Crippen LogP contribution in [0, 0.1) is 11.3 Å². The molecule has 0 saturated heterocycles. The molecule has 1 aromatic heterocycles. The Hall–Kier alpha value is -4.05. The molecule has 0 aliphatic carbocycles. The number of hydrogen-bond donors (Lipinski definition) is 3. The first-order valence-corrected chi connectivity index (χ1v) is 9.85. The monoisotopic (exact) mass is 496 g/mol. The minimum atomic E-state index is -4.86. The number of carboxylic acid groups (broad SMARTS) is 1. The van der Waals surface area contributed by atoms with Crippen LogP contribution in [-0.2, 0) is 13.1 Å². The molecule has 0 bridgehead atoms. The van der Waals surface area contributed by atoms with Crippen LogP contribution in [0.5, 0.6) is 5.75 Å². The van der Waals surface area contributed by atoms with Crippen LogP contribution in [0.2, 0.25) is 5.02 Å². The third-order valence-corrected chi connectivity index (χ3v) is 4.66. The van der Waals surface area contributed by atoms with E-state index in [9.17, 15) is 28.0 Å². The molecule has 2 amide bonds. The number of rotatable bonds is 7. The highest BCUT2D eigenvalue weighted by Crippen LogP contribution is 2.24. The van der Waals surface area contributed by atoms with Crippen LogP contribution in [0.15, 0.2) is 36.4 Å². The van der Waals surface area contributed by atoms with E-state index in [2.05, 4.69) is 25.6 Å². The fraction of sp³-hybridized carbons (Fsp3) is 0.250. The molecule has 0 saturated carbocycles. The lowest BCUT2D eigenvalue weighted by Gasteiger charge is -2.22. The number of hydrogen-bond acceptors (Lipinski definition) is 6. The van der Waals surface area contributed by atoms with E-state index in [4.69, 9.17) is 16.7 Å². The van der Waals surface area contributed by atoms with Gasteiger partial charge in [0.2, 0.25) is 0 Å². The van der Waals surface area contributed by atoms with Gasteiger partial charge in [-0.15, -0.1) is 13.2 Å². The third kappa shape index (κ3) is 6.26. The number of ether oxygens (including phenoxy) is 1. The van der Waals surface area contributed by atoms with Crippen LogP contribution < -0.4 is 15.4 Å². The van der Waals surface area contributed by atoms with Gasteiger partial charge < -0.3 is 20.5 Å². The summed E-state index contributed by atoms with van der Waals surface area (Å²) in [5, 5.41) is 32.0. The van der Waals surface area contributed by atoms with Crippen molar-refractivity contribution in [1.29, 1.82) is 5.26 Å². The predicted molar refractivity (Wildman–Crippen MR) is 112 cm³/mol. The molecule has 3 aromatic rings. The maximum absolute atomic E-state index is 12.6. The normalized spacial score (nSPS) is 13.1. The van der Waals surface area contributed by atoms with Gasteiger partial charge in [-0.3, -0.25) is 4.79 Å². The van der Waals surface area contributed by atoms with Crippen LogP contribution in [0.1, 0.15) is 22.8 Å². The molecule has 2 aromatic carbocycles. The molecule has 1 unspecified atom stereocenters. The van der Waals surface area contributed by atoms with Crippen LogP contribution in [0.4, 0.5) is 18.0 Å². The largest absolute Gasteiger partial charge is 0.573 e. The molecule has 1 atom stereocenters. The van der Waals surface area contributed by atoms with E-state index in [0.29, 0.717) is 21.6 Å². The van der Waals surface area contributed by atoms with Gasteiger partial charge in [0, 0.05) is 22.7 Å². The Morgan fingerprint density at radius 1 is 1.24 bits per heavy atom. The van der Waals surface area contributed by atoms with E-state index in [0.717, 1.165) is 29.1 Å². The number of amides is 2. The first-order chi connectivity index (χ1) is 15.9. The van der Waals surface area contributed by atoms with Crippen LogP contribution in [-0.4, -0.2) is 44.0 Å². The van der Waals surface area contributed by atoms with Gasteiger partial charge >= 0.3 is 12.5 Å². The van der Waals surface area contributed by atoms with Crippen LogP contribution in [0.3, 0.4) is 0 Å². The summed E-state index contributed by atoms with van der Waals surface area (Å²) in [6.07, 6.45) is -6.10. The predicted octanol–water partition coefficient (Wildman–Crippen LogP) is 3.46. The summed E-state index contributed by atoms with van der Waals surface area (Å²) >= 11 is 6.06. The van der Waals surface area contributed by atoms with Crippen molar-refractivity contribution in [1.82, 2.24) is 25.6 Å². The SMILES string of the molecule is CC(C#N)(Cn1nc2cc(Cl)cc(CNC(=O)O)c2n1)NC(=O)c1ccc(OC(F)(F)F)cc1. The number of halogens is 4. The number of alkyl halides is 3. The fourth-order valence-electron chi connectivity index (χ4n) is 2.99. The number of nitrogens with one attached hydrogen (secondary N) is 2. The Bertz CT molecular complexity index is 1270. The minimum Gasteiger partial charge on any atom is -0.465 e. The van der Waals surface area contributed by atoms with Gasteiger partial charge in [0.1, 0.15) is 22.3 Å². The molecule has 0 spiro atoms. The molecule has 0 radical (unpaired) electrons. The van der Waals surface area contributed by atoms with Gasteiger partial charge in [0.25, 0.3) is 5.91 Å².